The Bertz CT molecular complexity index is 572. The zero-order chi connectivity index (χ0) is 13.8. The highest BCUT2D eigenvalue weighted by Crippen LogP contribution is 2.29. The summed E-state index contributed by atoms with van der Waals surface area (Å²) in [6, 6.07) is 6.64. The van der Waals surface area contributed by atoms with Crippen LogP contribution in [-0.4, -0.2) is 11.5 Å². The van der Waals surface area contributed by atoms with E-state index in [1.54, 1.807) is 18.5 Å². The lowest BCUT2D eigenvalue weighted by Crippen LogP contribution is -2.23. The Labute approximate surface area is 117 Å². The summed E-state index contributed by atoms with van der Waals surface area (Å²) in [4.78, 5) is 4.00. The Kier molecular flexibility index (Phi) is 4.51. The molecular formula is C15H16ClFN2. The molecule has 0 saturated carbocycles. The largest absolute Gasteiger partial charge is 0.306 e. The van der Waals surface area contributed by atoms with E-state index in [9.17, 15) is 4.39 Å². The first-order valence-electron chi connectivity index (χ1n) is 6.22. The number of hydrogen-bond acceptors (Lipinski definition) is 2. The monoisotopic (exact) mass is 278 g/mol. The van der Waals surface area contributed by atoms with E-state index >= 15 is 0 Å². The predicted octanol–water partition coefficient (Wildman–Crippen LogP) is 3.88. The third-order valence-corrected chi connectivity index (χ3v) is 3.38. The van der Waals surface area contributed by atoms with Crippen molar-refractivity contribution in [2.24, 2.45) is 0 Å². The SMILES string of the molecule is CCNC(c1ccc(F)cc1C)c1ccncc1Cl. The number of hydrogen-bond donors (Lipinski definition) is 1. The fourth-order valence-electron chi connectivity index (χ4n) is 2.17. The minimum absolute atomic E-state index is 0.0545. The van der Waals surface area contributed by atoms with Crippen LogP contribution in [0.4, 0.5) is 4.39 Å². The maximum absolute atomic E-state index is 13.2. The molecule has 1 N–H and O–H groups in total. The van der Waals surface area contributed by atoms with Crippen LogP contribution in [0.5, 0.6) is 0 Å². The fraction of sp³-hybridized carbons (Fsp3) is 0.267. The average molecular weight is 279 g/mol. The van der Waals surface area contributed by atoms with Crippen molar-refractivity contribution >= 4 is 11.6 Å². The highest BCUT2D eigenvalue weighted by Gasteiger charge is 2.18. The van der Waals surface area contributed by atoms with Crippen molar-refractivity contribution in [1.29, 1.82) is 0 Å². The van der Waals surface area contributed by atoms with Crippen molar-refractivity contribution < 1.29 is 4.39 Å². The van der Waals surface area contributed by atoms with Gasteiger partial charge in [-0.15, -0.1) is 0 Å². The van der Waals surface area contributed by atoms with Crippen molar-refractivity contribution in [2.75, 3.05) is 6.54 Å². The van der Waals surface area contributed by atoms with Crippen molar-refractivity contribution in [1.82, 2.24) is 10.3 Å². The smallest absolute Gasteiger partial charge is 0.123 e. The normalized spacial score (nSPS) is 12.4. The summed E-state index contributed by atoms with van der Waals surface area (Å²) in [6.07, 6.45) is 3.34. The number of aromatic nitrogens is 1. The molecule has 19 heavy (non-hydrogen) atoms. The number of rotatable bonds is 4. The number of nitrogens with zero attached hydrogens (tertiary/aromatic N) is 1. The van der Waals surface area contributed by atoms with Gasteiger partial charge in [0.2, 0.25) is 0 Å². The van der Waals surface area contributed by atoms with Gasteiger partial charge in [-0.3, -0.25) is 4.98 Å². The van der Waals surface area contributed by atoms with Crippen LogP contribution in [0.2, 0.25) is 5.02 Å². The molecule has 0 spiro atoms. The van der Waals surface area contributed by atoms with E-state index < -0.39 is 0 Å². The molecule has 4 heteroatoms. The quantitative estimate of drug-likeness (QED) is 0.918. The van der Waals surface area contributed by atoms with Crippen LogP contribution in [0.15, 0.2) is 36.7 Å². The van der Waals surface area contributed by atoms with Gasteiger partial charge in [-0.1, -0.05) is 24.6 Å². The van der Waals surface area contributed by atoms with Gasteiger partial charge < -0.3 is 5.32 Å². The summed E-state index contributed by atoms with van der Waals surface area (Å²) in [5, 5.41) is 3.99. The van der Waals surface area contributed by atoms with Crippen LogP contribution in [0, 0.1) is 12.7 Å². The van der Waals surface area contributed by atoms with Crippen molar-refractivity contribution in [3.63, 3.8) is 0 Å². The van der Waals surface area contributed by atoms with Crippen molar-refractivity contribution in [2.45, 2.75) is 19.9 Å². The van der Waals surface area contributed by atoms with Crippen LogP contribution in [0.1, 0.15) is 29.7 Å². The van der Waals surface area contributed by atoms with Gasteiger partial charge in [-0.2, -0.15) is 0 Å². The molecule has 0 aliphatic carbocycles. The number of aryl methyl sites for hydroxylation is 1. The molecule has 0 aliphatic heterocycles. The number of benzene rings is 1. The van der Waals surface area contributed by atoms with Gasteiger partial charge in [-0.05, 0) is 48.4 Å². The fourth-order valence-corrected chi connectivity index (χ4v) is 2.40. The van der Waals surface area contributed by atoms with Crippen LogP contribution >= 0.6 is 11.6 Å². The zero-order valence-electron chi connectivity index (χ0n) is 11.0. The van der Waals surface area contributed by atoms with Crippen LogP contribution in [-0.2, 0) is 0 Å². The first kappa shape index (κ1) is 14.0. The van der Waals surface area contributed by atoms with Gasteiger partial charge in [0, 0.05) is 12.4 Å². The van der Waals surface area contributed by atoms with Gasteiger partial charge in [0.15, 0.2) is 0 Å². The third kappa shape index (κ3) is 3.11. The second-order valence-corrected chi connectivity index (χ2v) is 4.80. The molecule has 0 radical (unpaired) electrons. The summed E-state index contributed by atoms with van der Waals surface area (Å²) >= 11 is 6.21. The molecule has 0 fully saturated rings. The first-order chi connectivity index (χ1) is 9.13. The molecule has 0 saturated heterocycles. The molecule has 0 amide bonds. The van der Waals surface area contributed by atoms with Crippen molar-refractivity contribution in [3.05, 3.63) is 64.2 Å². The lowest BCUT2D eigenvalue weighted by Gasteiger charge is -2.21. The minimum atomic E-state index is -0.225. The Hall–Kier alpha value is -1.45. The average Bonchev–Trinajstić information content (AvgIpc) is 2.38. The maximum atomic E-state index is 13.2. The zero-order valence-corrected chi connectivity index (χ0v) is 11.7. The Morgan fingerprint density at radius 1 is 1.32 bits per heavy atom. The van der Waals surface area contributed by atoms with E-state index in [1.165, 1.54) is 12.1 Å². The lowest BCUT2D eigenvalue weighted by atomic mass is 9.95. The summed E-state index contributed by atoms with van der Waals surface area (Å²) < 4.78 is 13.2. The maximum Gasteiger partial charge on any atom is 0.123 e. The number of pyridine rings is 1. The van der Waals surface area contributed by atoms with E-state index in [0.29, 0.717) is 5.02 Å². The number of halogens is 2. The highest BCUT2D eigenvalue weighted by atomic mass is 35.5. The molecule has 1 aromatic carbocycles. The summed E-state index contributed by atoms with van der Waals surface area (Å²) in [5.41, 5.74) is 2.88. The summed E-state index contributed by atoms with van der Waals surface area (Å²) in [5.74, 6) is -0.225. The molecule has 1 atom stereocenters. The molecule has 100 valence electrons. The van der Waals surface area contributed by atoms with E-state index in [0.717, 1.165) is 23.2 Å². The van der Waals surface area contributed by atoms with Gasteiger partial charge in [0.05, 0.1) is 11.1 Å². The molecule has 2 aromatic rings. The Morgan fingerprint density at radius 2 is 2.11 bits per heavy atom. The van der Waals surface area contributed by atoms with Crippen LogP contribution in [0.3, 0.4) is 0 Å². The van der Waals surface area contributed by atoms with Gasteiger partial charge in [-0.25, -0.2) is 4.39 Å². The highest BCUT2D eigenvalue weighted by molar-refractivity contribution is 6.31. The third-order valence-electron chi connectivity index (χ3n) is 3.07. The molecule has 1 heterocycles. The first-order valence-corrected chi connectivity index (χ1v) is 6.60. The molecule has 0 aliphatic rings. The van der Waals surface area contributed by atoms with Crippen molar-refractivity contribution in [3.8, 4) is 0 Å². The number of nitrogens with one attached hydrogen (secondary N) is 1. The minimum Gasteiger partial charge on any atom is -0.306 e. The van der Waals surface area contributed by atoms with Gasteiger partial charge in [0.1, 0.15) is 5.82 Å². The standard InChI is InChI=1S/C15H16ClFN2/c1-3-19-15(13-6-7-18-9-14(13)16)12-5-4-11(17)8-10(12)2/h4-9,15,19H,3H2,1-2H3. The van der Waals surface area contributed by atoms with E-state index in [2.05, 4.69) is 10.3 Å². The summed E-state index contributed by atoms with van der Waals surface area (Å²) in [6.45, 7) is 4.72. The van der Waals surface area contributed by atoms with E-state index in [-0.39, 0.29) is 11.9 Å². The molecular weight excluding hydrogens is 263 g/mol. The second kappa shape index (κ2) is 6.13. The summed E-state index contributed by atoms with van der Waals surface area (Å²) in [7, 11) is 0. The van der Waals surface area contributed by atoms with Gasteiger partial charge in [0.25, 0.3) is 0 Å². The topological polar surface area (TPSA) is 24.9 Å². The molecule has 1 aromatic heterocycles. The predicted molar refractivity (Wildman–Crippen MR) is 75.9 cm³/mol. The molecule has 2 nitrogen and oxygen atoms in total. The molecule has 1 unspecified atom stereocenters. The van der Waals surface area contributed by atoms with E-state index in [4.69, 9.17) is 11.6 Å². The van der Waals surface area contributed by atoms with E-state index in [1.807, 2.05) is 19.9 Å². The van der Waals surface area contributed by atoms with Gasteiger partial charge >= 0.3 is 0 Å². The second-order valence-electron chi connectivity index (χ2n) is 4.39. The van der Waals surface area contributed by atoms with Crippen LogP contribution < -0.4 is 5.32 Å². The van der Waals surface area contributed by atoms with Crippen LogP contribution in [0.25, 0.3) is 0 Å². The lowest BCUT2D eigenvalue weighted by molar-refractivity contribution is 0.609. The molecule has 2 rings (SSSR count). The Balaban J connectivity index is 2.48. The molecule has 0 bridgehead atoms. The Morgan fingerprint density at radius 3 is 2.74 bits per heavy atom.